The van der Waals surface area contributed by atoms with E-state index in [1.165, 1.54) is 0 Å². The van der Waals surface area contributed by atoms with Crippen LogP contribution >= 0.6 is 0 Å². The van der Waals surface area contributed by atoms with Crippen molar-refractivity contribution in [3.05, 3.63) is 36.4 Å². The Morgan fingerprint density at radius 1 is 0.867 bits per heavy atom. The fourth-order valence-electron chi connectivity index (χ4n) is 1.67. The van der Waals surface area contributed by atoms with E-state index in [4.69, 9.17) is 0 Å². The third kappa shape index (κ3) is 4.75. The molecule has 1 aromatic rings. The van der Waals surface area contributed by atoms with Crippen LogP contribution in [0.25, 0.3) is 0 Å². The average molecular weight is 206 g/mol. The Bertz CT molecular complexity index is 236. The first-order chi connectivity index (χ1) is 7.27. The molecule has 0 atom stereocenters. The van der Waals surface area contributed by atoms with Crippen LogP contribution in [-0.4, -0.2) is 17.0 Å². The molecule has 1 aliphatic carbocycles. The van der Waals surface area contributed by atoms with Gasteiger partial charge in [0, 0.05) is 0 Å². The maximum Gasteiger partial charge on any atom is 0.151 e. The normalized spacial score (nSPS) is 18.5. The van der Waals surface area contributed by atoms with Gasteiger partial charge in [0.25, 0.3) is 0 Å². The lowest BCUT2D eigenvalue weighted by molar-refractivity contribution is -0.126. The number of hydrogen-bond donors (Lipinski definition) is 1. The van der Waals surface area contributed by atoms with Crippen molar-refractivity contribution in [2.75, 3.05) is 0 Å². The molecule has 0 saturated heterocycles. The number of carbonyl (C=O) groups is 1. The number of hydrogen-bond acceptors (Lipinski definition) is 2. The van der Waals surface area contributed by atoms with Crippen molar-refractivity contribution in [3.8, 4) is 0 Å². The van der Waals surface area contributed by atoms with E-state index >= 15 is 0 Å². The van der Waals surface area contributed by atoms with Crippen LogP contribution in [0.4, 0.5) is 0 Å². The summed E-state index contributed by atoms with van der Waals surface area (Å²) in [6.45, 7) is 0. The number of carbonyl (C=O) groups excluding carboxylic acids is 1. The third-order valence-electron chi connectivity index (χ3n) is 2.61. The molecule has 1 N–H and O–H groups in total. The first-order valence-corrected chi connectivity index (χ1v) is 5.46. The summed E-state index contributed by atoms with van der Waals surface area (Å²) in [5, 5.41) is 9.31. The van der Waals surface area contributed by atoms with Crippen LogP contribution in [0.2, 0.25) is 0 Å². The summed E-state index contributed by atoms with van der Waals surface area (Å²) in [6.07, 6.45) is 5.17. The highest BCUT2D eigenvalue weighted by Crippen LogP contribution is 2.25. The molecule has 0 unspecified atom stereocenters. The molecular weight excluding hydrogens is 188 g/mol. The molecule has 1 saturated carbocycles. The van der Waals surface area contributed by atoms with E-state index in [2.05, 4.69) is 0 Å². The summed E-state index contributed by atoms with van der Waals surface area (Å²) in [6, 6.07) is 12.0. The molecule has 0 aromatic heterocycles. The van der Waals surface area contributed by atoms with Crippen LogP contribution in [0.5, 0.6) is 0 Å². The van der Waals surface area contributed by atoms with E-state index in [0.29, 0.717) is 19.1 Å². The summed E-state index contributed by atoms with van der Waals surface area (Å²) in [5.41, 5.74) is -0.960. The van der Waals surface area contributed by atoms with Crippen LogP contribution in [0, 0.1) is 0 Å². The minimum absolute atomic E-state index is 0.663. The summed E-state index contributed by atoms with van der Waals surface area (Å²) < 4.78 is 0. The van der Waals surface area contributed by atoms with Gasteiger partial charge in [-0.05, 0) is 12.8 Å². The maximum absolute atomic E-state index is 10.2. The van der Waals surface area contributed by atoms with Crippen molar-refractivity contribution in [3.63, 3.8) is 0 Å². The lowest BCUT2D eigenvalue weighted by atomic mass is 9.86. The zero-order valence-corrected chi connectivity index (χ0v) is 8.93. The molecule has 1 fully saturated rings. The number of aldehydes is 1. The minimum Gasteiger partial charge on any atom is -0.382 e. The summed E-state index contributed by atoms with van der Waals surface area (Å²) in [5.74, 6) is 0. The molecule has 2 nitrogen and oxygen atoms in total. The van der Waals surface area contributed by atoms with Gasteiger partial charge in [-0.1, -0.05) is 55.7 Å². The predicted octanol–water partition coefficient (Wildman–Crippen LogP) is 2.57. The van der Waals surface area contributed by atoms with Gasteiger partial charge in [0.15, 0.2) is 6.29 Å². The van der Waals surface area contributed by atoms with Crippen molar-refractivity contribution < 1.29 is 9.90 Å². The smallest absolute Gasteiger partial charge is 0.151 e. The molecule has 0 heterocycles. The number of rotatable bonds is 1. The largest absolute Gasteiger partial charge is 0.382 e. The second-order valence-corrected chi connectivity index (χ2v) is 3.94. The average Bonchev–Trinajstić information content (AvgIpc) is 2.33. The molecule has 0 amide bonds. The highest BCUT2D eigenvalue weighted by Gasteiger charge is 2.27. The molecule has 1 aliphatic rings. The summed E-state index contributed by atoms with van der Waals surface area (Å²) in [7, 11) is 0. The Balaban J connectivity index is 0.000000162. The molecular formula is C13H18O2. The van der Waals surface area contributed by atoms with Crippen LogP contribution < -0.4 is 0 Å². The highest BCUT2D eigenvalue weighted by molar-refractivity contribution is 5.61. The molecule has 0 bridgehead atoms. The number of aliphatic hydroxyl groups is 1. The summed E-state index contributed by atoms with van der Waals surface area (Å²) in [4.78, 5) is 10.2. The zero-order valence-electron chi connectivity index (χ0n) is 8.93. The SMILES string of the molecule is O=CC1(O)CCCCC1.c1ccccc1. The Labute approximate surface area is 90.9 Å². The Hall–Kier alpha value is -1.15. The number of benzene rings is 1. The van der Waals surface area contributed by atoms with Gasteiger partial charge in [-0.3, -0.25) is 0 Å². The van der Waals surface area contributed by atoms with E-state index in [0.717, 1.165) is 19.3 Å². The van der Waals surface area contributed by atoms with E-state index in [9.17, 15) is 9.90 Å². The van der Waals surface area contributed by atoms with Crippen molar-refractivity contribution in [1.29, 1.82) is 0 Å². The van der Waals surface area contributed by atoms with Gasteiger partial charge in [0.05, 0.1) is 0 Å². The Morgan fingerprint density at radius 2 is 1.27 bits per heavy atom. The van der Waals surface area contributed by atoms with E-state index in [1.54, 1.807) is 0 Å². The molecule has 15 heavy (non-hydrogen) atoms. The first-order valence-electron chi connectivity index (χ1n) is 5.46. The fraction of sp³-hybridized carbons (Fsp3) is 0.462. The van der Waals surface area contributed by atoms with Crippen LogP contribution in [0.15, 0.2) is 36.4 Å². The van der Waals surface area contributed by atoms with Crippen molar-refractivity contribution in [2.45, 2.75) is 37.7 Å². The molecule has 2 heteroatoms. The van der Waals surface area contributed by atoms with E-state index in [1.807, 2.05) is 36.4 Å². The van der Waals surface area contributed by atoms with Gasteiger partial charge in [-0.15, -0.1) is 0 Å². The third-order valence-corrected chi connectivity index (χ3v) is 2.61. The molecule has 1 aromatic carbocycles. The molecule has 82 valence electrons. The van der Waals surface area contributed by atoms with Crippen molar-refractivity contribution in [2.24, 2.45) is 0 Å². The monoisotopic (exact) mass is 206 g/mol. The van der Waals surface area contributed by atoms with Crippen molar-refractivity contribution >= 4 is 6.29 Å². The molecule has 2 rings (SSSR count). The maximum atomic E-state index is 10.2. The first kappa shape index (κ1) is 11.9. The van der Waals surface area contributed by atoms with Gasteiger partial charge < -0.3 is 9.90 Å². The zero-order chi connectivity index (χ0) is 11.0. The van der Waals surface area contributed by atoms with Gasteiger partial charge in [0.2, 0.25) is 0 Å². The molecule has 0 spiro atoms. The van der Waals surface area contributed by atoms with E-state index in [-0.39, 0.29) is 0 Å². The molecule has 0 radical (unpaired) electrons. The minimum atomic E-state index is -0.960. The quantitative estimate of drug-likeness (QED) is 0.717. The highest BCUT2D eigenvalue weighted by atomic mass is 16.3. The van der Waals surface area contributed by atoms with Gasteiger partial charge in [-0.25, -0.2) is 0 Å². The fourth-order valence-corrected chi connectivity index (χ4v) is 1.67. The molecule has 0 aliphatic heterocycles. The summed E-state index contributed by atoms with van der Waals surface area (Å²) >= 11 is 0. The predicted molar refractivity (Wildman–Crippen MR) is 60.5 cm³/mol. The lowest BCUT2D eigenvalue weighted by Crippen LogP contribution is -2.32. The second kappa shape index (κ2) is 6.36. The topological polar surface area (TPSA) is 37.3 Å². The second-order valence-electron chi connectivity index (χ2n) is 3.94. The van der Waals surface area contributed by atoms with Gasteiger partial charge in [-0.2, -0.15) is 0 Å². The van der Waals surface area contributed by atoms with Crippen LogP contribution in [-0.2, 0) is 4.79 Å². The Morgan fingerprint density at radius 3 is 1.53 bits per heavy atom. The van der Waals surface area contributed by atoms with Crippen molar-refractivity contribution in [1.82, 2.24) is 0 Å². The van der Waals surface area contributed by atoms with Crippen LogP contribution in [0.1, 0.15) is 32.1 Å². The van der Waals surface area contributed by atoms with Crippen LogP contribution in [0.3, 0.4) is 0 Å². The lowest BCUT2D eigenvalue weighted by Gasteiger charge is -2.25. The standard InChI is InChI=1S/C7H12O2.C6H6/c8-6-7(9)4-2-1-3-5-7;1-2-4-6-5-3-1/h6,9H,1-5H2;1-6H. The Kier molecular flexibility index (Phi) is 5.05. The van der Waals surface area contributed by atoms with Gasteiger partial charge >= 0.3 is 0 Å². The van der Waals surface area contributed by atoms with Gasteiger partial charge in [0.1, 0.15) is 5.60 Å². The van der Waals surface area contributed by atoms with E-state index < -0.39 is 5.60 Å².